The lowest BCUT2D eigenvalue weighted by atomic mass is 10.2. The van der Waals surface area contributed by atoms with E-state index >= 15 is 0 Å². The molecule has 0 bridgehead atoms. The lowest BCUT2D eigenvalue weighted by Crippen LogP contribution is -2.11. The van der Waals surface area contributed by atoms with Crippen molar-refractivity contribution in [3.63, 3.8) is 0 Å². The number of hydrogen-bond acceptors (Lipinski definition) is 5. The minimum absolute atomic E-state index is 0.0944. The number of aromatic nitrogens is 3. The number of nitrogens with zero attached hydrogens (tertiary/aromatic N) is 3. The molecule has 0 amide bonds. The molecule has 0 spiro atoms. The summed E-state index contributed by atoms with van der Waals surface area (Å²) in [5.41, 5.74) is 1.17. The van der Waals surface area contributed by atoms with Crippen LogP contribution in [0.25, 0.3) is 5.69 Å². The summed E-state index contributed by atoms with van der Waals surface area (Å²) in [6.45, 7) is 1.71. The van der Waals surface area contributed by atoms with Gasteiger partial charge in [-0.25, -0.2) is 9.48 Å². The monoisotopic (exact) mass is 377 g/mol. The number of hydrogen-bond donors (Lipinski definition) is 0. The molecule has 0 unspecified atom stereocenters. The number of rotatable bonds is 4. The molecule has 0 radical (unpaired) electrons. The zero-order valence-corrected chi connectivity index (χ0v) is 14.9. The zero-order valence-electron chi connectivity index (χ0n) is 13.4. The average molecular weight is 378 g/mol. The fourth-order valence-electron chi connectivity index (χ4n) is 2.23. The Balaban J connectivity index is 1.92. The van der Waals surface area contributed by atoms with E-state index in [0.29, 0.717) is 32.9 Å². The van der Waals surface area contributed by atoms with E-state index in [2.05, 4.69) is 10.3 Å². The highest BCUT2D eigenvalue weighted by molar-refractivity contribution is 6.31. The predicted molar refractivity (Wildman–Crippen MR) is 94.1 cm³/mol. The Hall–Kier alpha value is -2.57. The van der Waals surface area contributed by atoms with Gasteiger partial charge in [-0.3, -0.25) is 0 Å². The molecule has 1 heterocycles. The van der Waals surface area contributed by atoms with Crippen molar-refractivity contribution in [2.45, 2.75) is 6.92 Å². The van der Waals surface area contributed by atoms with Gasteiger partial charge in [-0.2, -0.15) is 0 Å². The summed E-state index contributed by atoms with van der Waals surface area (Å²) in [5, 5.41) is 9.00. The Labute approximate surface area is 153 Å². The molecule has 8 heteroatoms. The molecule has 0 atom stereocenters. The topological polar surface area (TPSA) is 66.2 Å². The molecule has 3 aromatic rings. The van der Waals surface area contributed by atoms with Crippen molar-refractivity contribution in [3.05, 3.63) is 63.9 Å². The van der Waals surface area contributed by atoms with E-state index in [9.17, 15) is 4.79 Å². The Bertz CT molecular complexity index is 923. The predicted octanol–water partition coefficient (Wildman–Crippen LogP) is 4.11. The molecule has 0 aliphatic carbocycles. The molecule has 0 fully saturated rings. The highest BCUT2D eigenvalue weighted by Gasteiger charge is 2.21. The van der Waals surface area contributed by atoms with Crippen LogP contribution in [-0.4, -0.2) is 28.1 Å². The molecule has 1 aromatic heterocycles. The van der Waals surface area contributed by atoms with Crippen molar-refractivity contribution < 1.29 is 14.3 Å². The first-order valence-corrected chi connectivity index (χ1v) is 7.99. The summed E-state index contributed by atoms with van der Waals surface area (Å²) < 4.78 is 12.1. The smallest absolute Gasteiger partial charge is 0.366 e. The second kappa shape index (κ2) is 7.13. The maximum absolute atomic E-state index is 12.4. The van der Waals surface area contributed by atoms with Crippen molar-refractivity contribution in [2.24, 2.45) is 0 Å². The maximum Gasteiger partial charge on any atom is 0.366 e. The minimum atomic E-state index is -0.618. The van der Waals surface area contributed by atoms with Gasteiger partial charge < -0.3 is 9.47 Å². The van der Waals surface area contributed by atoms with Crippen molar-refractivity contribution >= 4 is 29.2 Å². The van der Waals surface area contributed by atoms with Crippen LogP contribution >= 0.6 is 23.2 Å². The molecule has 6 nitrogen and oxygen atoms in total. The standard InChI is InChI=1S/C17H13Cl2N3O3/c1-10-16(17(23)25-13-6-3-11(18)4-7-13)20-21-22(10)14-9-12(19)5-8-15(14)24-2/h3-9H,1-2H3. The van der Waals surface area contributed by atoms with Gasteiger partial charge >= 0.3 is 5.97 Å². The second-order valence-electron chi connectivity index (χ2n) is 5.09. The molecule has 25 heavy (non-hydrogen) atoms. The zero-order chi connectivity index (χ0) is 18.0. The number of carbonyl (C=O) groups is 1. The lowest BCUT2D eigenvalue weighted by molar-refractivity contribution is 0.0727. The fraction of sp³-hybridized carbons (Fsp3) is 0.118. The second-order valence-corrected chi connectivity index (χ2v) is 5.97. The van der Waals surface area contributed by atoms with Crippen LogP contribution in [0.2, 0.25) is 10.0 Å². The third-order valence-electron chi connectivity index (χ3n) is 3.48. The number of benzene rings is 2. The first-order valence-electron chi connectivity index (χ1n) is 7.23. The summed E-state index contributed by atoms with van der Waals surface area (Å²) in [6, 6.07) is 11.5. The molecule has 128 valence electrons. The summed E-state index contributed by atoms with van der Waals surface area (Å²) in [5.74, 6) is 0.297. The number of esters is 1. The Morgan fingerprint density at radius 1 is 1.08 bits per heavy atom. The van der Waals surface area contributed by atoms with E-state index in [1.807, 2.05) is 0 Å². The van der Waals surface area contributed by atoms with Crippen LogP contribution < -0.4 is 9.47 Å². The summed E-state index contributed by atoms with van der Waals surface area (Å²) >= 11 is 11.9. The minimum Gasteiger partial charge on any atom is -0.494 e. The Morgan fingerprint density at radius 2 is 1.76 bits per heavy atom. The largest absolute Gasteiger partial charge is 0.494 e. The number of methoxy groups -OCH3 is 1. The highest BCUT2D eigenvalue weighted by atomic mass is 35.5. The van der Waals surface area contributed by atoms with Crippen LogP contribution in [0, 0.1) is 6.92 Å². The molecule has 2 aromatic carbocycles. The van der Waals surface area contributed by atoms with Gasteiger partial charge in [0.2, 0.25) is 0 Å². The molecule has 0 N–H and O–H groups in total. The lowest BCUT2D eigenvalue weighted by Gasteiger charge is -2.09. The molecule has 0 aliphatic rings. The van der Waals surface area contributed by atoms with Gasteiger partial charge in [-0.05, 0) is 49.4 Å². The molecule has 3 rings (SSSR count). The number of carbonyl (C=O) groups excluding carboxylic acids is 1. The van der Waals surface area contributed by atoms with Crippen molar-refractivity contribution in [3.8, 4) is 17.2 Å². The molecular formula is C17H13Cl2N3O3. The van der Waals surface area contributed by atoms with Gasteiger partial charge in [0.15, 0.2) is 5.69 Å². The van der Waals surface area contributed by atoms with Gasteiger partial charge in [0.25, 0.3) is 0 Å². The van der Waals surface area contributed by atoms with E-state index in [0.717, 1.165) is 0 Å². The van der Waals surface area contributed by atoms with E-state index in [1.54, 1.807) is 49.4 Å². The maximum atomic E-state index is 12.4. The highest BCUT2D eigenvalue weighted by Crippen LogP contribution is 2.27. The van der Waals surface area contributed by atoms with Crippen LogP contribution in [0.3, 0.4) is 0 Å². The van der Waals surface area contributed by atoms with E-state index in [1.165, 1.54) is 11.8 Å². The SMILES string of the molecule is COc1ccc(Cl)cc1-n1nnc(C(=O)Oc2ccc(Cl)cc2)c1C. The van der Waals surface area contributed by atoms with Crippen LogP contribution in [-0.2, 0) is 0 Å². The Morgan fingerprint density at radius 3 is 2.44 bits per heavy atom. The summed E-state index contributed by atoms with van der Waals surface area (Å²) in [7, 11) is 1.54. The fourth-order valence-corrected chi connectivity index (χ4v) is 2.53. The van der Waals surface area contributed by atoms with E-state index in [4.69, 9.17) is 32.7 Å². The van der Waals surface area contributed by atoms with E-state index < -0.39 is 5.97 Å². The molecular weight excluding hydrogens is 365 g/mol. The summed E-state index contributed by atoms with van der Waals surface area (Å²) in [6.07, 6.45) is 0. The first kappa shape index (κ1) is 17.3. The van der Waals surface area contributed by atoms with Crippen molar-refractivity contribution in [1.82, 2.24) is 15.0 Å². The molecule has 0 aliphatic heterocycles. The van der Waals surface area contributed by atoms with Gasteiger partial charge in [0.1, 0.15) is 17.2 Å². The number of halogens is 2. The van der Waals surface area contributed by atoms with Gasteiger partial charge in [0, 0.05) is 10.0 Å². The van der Waals surface area contributed by atoms with Gasteiger partial charge in [-0.15, -0.1) is 5.10 Å². The first-order chi connectivity index (χ1) is 12.0. The molecule has 0 saturated carbocycles. The van der Waals surface area contributed by atoms with Crippen molar-refractivity contribution in [1.29, 1.82) is 0 Å². The quantitative estimate of drug-likeness (QED) is 0.505. The Kier molecular flexibility index (Phi) is 4.92. The third kappa shape index (κ3) is 3.60. The van der Waals surface area contributed by atoms with Crippen LogP contribution in [0.4, 0.5) is 0 Å². The summed E-state index contributed by atoms with van der Waals surface area (Å²) in [4.78, 5) is 12.4. The van der Waals surface area contributed by atoms with Gasteiger partial charge in [0.05, 0.1) is 12.8 Å². The number of ether oxygens (including phenoxy) is 2. The van der Waals surface area contributed by atoms with Crippen LogP contribution in [0.15, 0.2) is 42.5 Å². The third-order valence-corrected chi connectivity index (χ3v) is 3.97. The van der Waals surface area contributed by atoms with E-state index in [-0.39, 0.29) is 5.69 Å². The normalized spacial score (nSPS) is 10.6. The van der Waals surface area contributed by atoms with Crippen molar-refractivity contribution in [2.75, 3.05) is 7.11 Å². The molecule has 0 saturated heterocycles. The van der Waals surface area contributed by atoms with Crippen LogP contribution in [0.5, 0.6) is 11.5 Å². The average Bonchev–Trinajstić information content (AvgIpc) is 2.98. The van der Waals surface area contributed by atoms with Crippen LogP contribution in [0.1, 0.15) is 16.2 Å². The van der Waals surface area contributed by atoms with Gasteiger partial charge in [-0.1, -0.05) is 28.4 Å².